The first kappa shape index (κ1) is 13.7. The van der Waals surface area contributed by atoms with Crippen LogP contribution in [0.1, 0.15) is 41.7 Å². The fourth-order valence-electron chi connectivity index (χ4n) is 2.35. The third kappa shape index (κ3) is 2.92. The highest BCUT2D eigenvalue weighted by atomic mass is 16.5. The maximum Gasteiger partial charge on any atom is 0.354 e. The monoisotopic (exact) mass is 288 g/mol. The van der Waals surface area contributed by atoms with Gasteiger partial charge in [0.15, 0.2) is 11.5 Å². The summed E-state index contributed by atoms with van der Waals surface area (Å²) < 4.78 is 7.42. The fraction of sp³-hybridized carbons (Fsp3) is 0.429. The number of aromatic nitrogens is 4. The van der Waals surface area contributed by atoms with Gasteiger partial charge in [0.25, 0.3) is 0 Å². The molecule has 3 rings (SSSR count). The molecule has 1 aliphatic heterocycles. The molecule has 110 valence electrons. The third-order valence-electron chi connectivity index (χ3n) is 3.38. The molecule has 0 radical (unpaired) electrons. The predicted molar refractivity (Wildman–Crippen MR) is 73.8 cm³/mol. The quantitative estimate of drug-likeness (QED) is 0.929. The predicted octanol–water partition coefficient (Wildman–Crippen LogP) is 2.05. The maximum absolute atomic E-state index is 11.1. The van der Waals surface area contributed by atoms with Crippen LogP contribution in [0.25, 0.3) is 11.4 Å². The van der Waals surface area contributed by atoms with Crippen LogP contribution in [0.2, 0.25) is 0 Å². The van der Waals surface area contributed by atoms with Crippen LogP contribution in [-0.2, 0) is 4.74 Å². The molecule has 21 heavy (non-hydrogen) atoms. The van der Waals surface area contributed by atoms with E-state index in [9.17, 15) is 4.79 Å². The SMILES string of the molecule is Cc1cc(C(=O)O)nc(-c2cnn(C3CCCCO3)c2)n1. The van der Waals surface area contributed by atoms with Gasteiger partial charge in [0.1, 0.15) is 6.23 Å². The smallest absolute Gasteiger partial charge is 0.354 e. The van der Waals surface area contributed by atoms with Crippen molar-refractivity contribution in [3.05, 3.63) is 29.8 Å². The average molecular weight is 288 g/mol. The van der Waals surface area contributed by atoms with Gasteiger partial charge in [-0.2, -0.15) is 5.10 Å². The molecule has 1 unspecified atom stereocenters. The zero-order valence-corrected chi connectivity index (χ0v) is 11.7. The van der Waals surface area contributed by atoms with E-state index in [2.05, 4.69) is 15.1 Å². The lowest BCUT2D eigenvalue weighted by Gasteiger charge is -2.22. The Morgan fingerprint density at radius 2 is 2.29 bits per heavy atom. The summed E-state index contributed by atoms with van der Waals surface area (Å²) in [5.41, 5.74) is 1.29. The van der Waals surface area contributed by atoms with E-state index in [4.69, 9.17) is 9.84 Å². The first-order valence-corrected chi connectivity index (χ1v) is 6.88. The summed E-state index contributed by atoms with van der Waals surface area (Å²) in [5.74, 6) is -0.695. The lowest BCUT2D eigenvalue weighted by molar-refractivity contribution is -0.0394. The van der Waals surface area contributed by atoms with E-state index >= 15 is 0 Å². The van der Waals surface area contributed by atoms with E-state index in [1.54, 1.807) is 24.0 Å². The van der Waals surface area contributed by atoms with Gasteiger partial charge in [-0.1, -0.05) is 0 Å². The topological polar surface area (TPSA) is 90.1 Å². The lowest BCUT2D eigenvalue weighted by atomic mass is 10.2. The second kappa shape index (κ2) is 5.61. The van der Waals surface area contributed by atoms with Gasteiger partial charge in [0.2, 0.25) is 0 Å². The number of nitrogens with zero attached hydrogens (tertiary/aromatic N) is 4. The number of hydrogen-bond acceptors (Lipinski definition) is 5. The van der Waals surface area contributed by atoms with Crippen LogP contribution in [0.3, 0.4) is 0 Å². The van der Waals surface area contributed by atoms with Crippen LogP contribution < -0.4 is 0 Å². The molecule has 1 fully saturated rings. The van der Waals surface area contributed by atoms with Gasteiger partial charge in [0.05, 0.1) is 11.8 Å². The molecule has 0 spiro atoms. The van der Waals surface area contributed by atoms with Crippen molar-refractivity contribution in [1.29, 1.82) is 0 Å². The first-order valence-electron chi connectivity index (χ1n) is 6.88. The van der Waals surface area contributed by atoms with Crippen molar-refractivity contribution >= 4 is 5.97 Å². The van der Waals surface area contributed by atoms with E-state index in [0.717, 1.165) is 25.9 Å². The molecule has 0 aromatic carbocycles. The van der Waals surface area contributed by atoms with E-state index < -0.39 is 5.97 Å². The van der Waals surface area contributed by atoms with Crippen LogP contribution in [0.4, 0.5) is 0 Å². The Morgan fingerprint density at radius 1 is 1.43 bits per heavy atom. The number of aryl methyl sites for hydroxylation is 1. The van der Waals surface area contributed by atoms with Crippen molar-refractivity contribution in [2.45, 2.75) is 32.4 Å². The second-order valence-corrected chi connectivity index (χ2v) is 5.05. The van der Waals surface area contributed by atoms with Crippen molar-refractivity contribution in [3.63, 3.8) is 0 Å². The summed E-state index contributed by atoms with van der Waals surface area (Å²) >= 11 is 0. The molecule has 7 heteroatoms. The molecule has 1 atom stereocenters. The Labute approximate surface area is 121 Å². The van der Waals surface area contributed by atoms with Crippen molar-refractivity contribution in [2.24, 2.45) is 0 Å². The zero-order valence-electron chi connectivity index (χ0n) is 11.7. The molecule has 0 amide bonds. The van der Waals surface area contributed by atoms with Gasteiger partial charge < -0.3 is 9.84 Å². The molecule has 0 bridgehead atoms. The Bertz CT molecular complexity index is 662. The number of ether oxygens (including phenoxy) is 1. The number of carboxylic acids is 1. The lowest BCUT2D eigenvalue weighted by Crippen LogP contribution is -2.18. The number of aromatic carboxylic acids is 1. The molecule has 3 heterocycles. The van der Waals surface area contributed by atoms with Gasteiger partial charge >= 0.3 is 5.97 Å². The van der Waals surface area contributed by atoms with Crippen LogP contribution in [0.15, 0.2) is 18.5 Å². The van der Waals surface area contributed by atoms with E-state index in [-0.39, 0.29) is 11.9 Å². The van der Waals surface area contributed by atoms with Crippen LogP contribution in [0.5, 0.6) is 0 Å². The van der Waals surface area contributed by atoms with Crippen LogP contribution >= 0.6 is 0 Å². The molecule has 2 aromatic rings. The summed E-state index contributed by atoms with van der Waals surface area (Å²) in [4.78, 5) is 19.4. The Kier molecular flexibility index (Phi) is 3.66. The van der Waals surface area contributed by atoms with Crippen molar-refractivity contribution in [2.75, 3.05) is 6.61 Å². The van der Waals surface area contributed by atoms with Gasteiger partial charge in [0, 0.05) is 18.5 Å². The summed E-state index contributed by atoms with van der Waals surface area (Å²) in [6.45, 7) is 2.48. The highest BCUT2D eigenvalue weighted by Crippen LogP contribution is 2.24. The molecular weight excluding hydrogens is 272 g/mol. The summed E-state index contributed by atoms with van der Waals surface area (Å²) in [6.07, 6.45) is 6.50. The standard InChI is InChI=1S/C14H16N4O3/c1-9-6-11(14(19)20)17-13(16-9)10-7-15-18(8-10)12-4-2-3-5-21-12/h6-8,12H,2-5H2,1H3,(H,19,20). The number of hydrogen-bond donors (Lipinski definition) is 1. The molecule has 2 aromatic heterocycles. The first-order chi connectivity index (χ1) is 10.1. The molecular formula is C14H16N4O3. The second-order valence-electron chi connectivity index (χ2n) is 5.05. The van der Waals surface area contributed by atoms with Gasteiger partial charge in [-0.05, 0) is 32.3 Å². The highest BCUT2D eigenvalue weighted by Gasteiger charge is 2.18. The number of carboxylic acid groups (broad SMARTS) is 1. The highest BCUT2D eigenvalue weighted by molar-refractivity contribution is 5.85. The normalized spacial score (nSPS) is 18.6. The Balaban J connectivity index is 1.90. The number of rotatable bonds is 3. The Morgan fingerprint density at radius 3 is 3.00 bits per heavy atom. The van der Waals surface area contributed by atoms with Crippen LogP contribution in [-0.4, -0.2) is 37.4 Å². The van der Waals surface area contributed by atoms with E-state index in [0.29, 0.717) is 17.1 Å². The molecule has 1 aliphatic rings. The van der Waals surface area contributed by atoms with Crippen LogP contribution in [0, 0.1) is 6.92 Å². The molecule has 1 saturated heterocycles. The summed E-state index contributed by atoms with van der Waals surface area (Å²) in [6, 6.07) is 1.44. The molecule has 1 N–H and O–H groups in total. The van der Waals surface area contributed by atoms with Gasteiger partial charge in [-0.3, -0.25) is 0 Å². The van der Waals surface area contributed by atoms with E-state index in [1.165, 1.54) is 6.07 Å². The minimum atomic E-state index is -1.07. The summed E-state index contributed by atoms with van der Waals surface area (Å²) in [5, 5.41) is 13.3. The minimum absolute atomic E-state index is 0.0147. The van der Waals surface area contributed by atoms with Gasteiger partial charge in [-0.15, -0.1) is 0 Å². The number of carbonyl (C=O) groups is 1. The average Bonchev–Trinajstić information content (AvgIpc) is 2.97. The third-order valence-corrected chi connectivity index (χ3v) is 3.38. The van der Waals surface area contributed by atoms with E-state index in [1.807, 2.05) is 0 Å². The maximum atomic E-state index is 11.1. The van der Waals surface area contributed by atoms with Crippen molar-refractivity contribution in [3.8, 4) is 11.4 Å². The molecule has 0 aliphatic carbocycles. The molecule has 0 saturated carbocycles. The van der Waals surface area contributed by atoms with Crippen molar-refractivity contribution < 1.29 is 14.6 Å². The largest absolute Gasteiger partial charge is 0.477 e. The Hall–Kier alpha value is -2.28. The minimum Gasteiger partial charge on any atom is -0.477 e. The fourth-order valence-corrected chi connectivity index (χ4v) is 2.35. The molecule has 7 nitrogen and oxygen atoms in total. The zero-order chi connectivity index (χ0) is 14.8. The van der Waals surface area contributed by atoms with Gasteiger partial charge in [-0.25, -0.2) is 19.4 Å². The van der Waals surface area contributed by atoms with Crippen molar-refractivity contribution in [1.82, 2.24) is 19.7 Å². The summed E-state index contributed by atoms with van der Waals surface area (Å²) in [7, 11) is 0.